The van der Waals surface area contributed by atoms with E-state index in [1.54, 1.807) is 24.3 Å². The molecule has 4 rings (SSSR count). The SMILES string of the molecule is O=C(NCc1ccccc1CN1CCOCC1)c1ccc(NC(=O)C2CC2)cc1. The van der Waals surface area contributed by atoms with Crippen molar-refractivity contribution in [2.45, 2.75) is 25.9 Å². The number of carbonyl (C=O) groups excluding carboxylic acids is 2. The molecule has 29 heavy (non-hydrogen) atoms. The van der Waals surface area contributed by atoms with Crippen LogP contribution in [0.1, 0.15) is 34.3 Å². The number of morpholine rings is 1. The number of benzene rings is 2. The summed E-state index contributed by atoms with van der Waals surface area (Å²) in [7, 11) is 0. The minimum Gasteiger partial charge on any atom is -0.379 e. The lowest BCUT2D eigenvalue weighted by Crippen LogP contribution is -2.36. The second-order valence-corrected chi connectivity index (χ2v) is 7.68. The fraction of sp³-hybridized carbons (Fsp3) is 0.391. The molecule has 2 aromatic rings. The van der Waals surface area contributed by atoms with Crippen LogP contribution in [0.25, 0.3) is 0 Å². The number of carbonyl (C=O) groups is 2. The summed E-state index contributed by atoms with van der Waals surface area (Å²) in [5.41, 5.74) is 3.67. The fourth-order valence-electron chi connectivity index (χ4n) is 3.46. The van der Waals surface area contributed by atoms with Gasteiger partial charge < -0.3 is 15.4 Å². The molecule has 1 saturated carbocycles. The molecule has 2 fully saturated rings. The Balaban J connectivity index is 1.32. The highest BCUT2D eigenvalue weighted by Crippen LogP contribution is 2.30. The van der Waals surface area contributed by atoms with Gasteiger partial charge in [0.1, 0.15) is 0 Å². The molecule has 2 amide bonds. The van der Waals surface area contributed by atoms with Gasteiger partial charge in [-0.15, -0.1) is 0 Å². The van der Waals surface area contributed by atoms with Crippen LogP contribution in [0, 0.1) is 5.92 Å². The van der Waals surface area contributed by atoms with Crippen LogP contribution < -0.4 is 10.6 Å². The van der Waals surface area contributed by atoms with Gasteiger partial charge in [0.2, 0.25) is 5.91 Å². The third-order valence-corrected chi connectivity index (χ3v) is 5.42. The lowest BCUT2D eigenvalue weighted by Gasteiger charge is -2.27. The van der Waals surface area contributed by atoms with Crippen molar-refractivity contribution in [2.24, 2.45) is 5.92 Å². The van der Waals surface area contributed by atoms with Gasteiger partial charge in [0, 0.05) is 43.3 Å². The van der Waals surface area contributed by atoms with Crippen molar-refractivity contribution < 1.29 is 14.3 Å². The third kappa shape index (κ3) is 5.43. The number of amides is 2. The van der Waals surface area contributed by atoms with Gasteiger partial charge >= 0.3 is 0 Å². The minimum atomic E-state index is -0.119. The molecule has 2 aliphatic rings. The fourth-order valence-corrected chi connectivity index (χ4v) is 3.46. The van der Waals surface area contributed by atoms with Gasteiger partial charge in [-0.25, -0.2) is 0 Å². The molecule has 2 aromatic carbocycles. The van der Waals surface area contributed by atoms with E-state index in [2.05, 4.69) is 27.7 Å². The van der Waals surface area contributed by atoms with E-state index in [-0.39, 0.29) is 17.7 Å². The molecule has 1 saturated heterocycles. The minimum absolute atomic E-state index is 0.0686. The van der Waals surface area contributed by atoms with Crippen LogP contribution in [-0.4, -0.2) is 43.0 Å². The van der Waals surface area contributed by atoms with E-state index in [4.69, 9.17) is 4.74 Å². The van der Waals surface area contributed by atoms with Crippen LogP contribution in [-0.2, 0) is 22.6 Å². The summed E-state index contributed by atoms with van der Waals surface area (Å²) in [5, 5.41) is 5.90. The van der Waals surface area contributed by atoms with E-state index in [1.807, 2.05) is 12.1 Å². The highest BCUT2D eigenvalue weighted by Gasteiger charge is 2.29. The number of rotatable bonds is 7. The second kappa shape index (κ2) is 9.20. The quantitative estimate of drug-likeness (QED) is 0.759. The van der Waals surface area contributed by atoms with Crippen molar-refractivity contribution in [3.63, 3.8) is 0 Å². The van der Waals surface area contributed by atoms with E-state index >= 15 is 0 Å². The summed E-state index contributed by atoms with van der Waals surface area (Å²) in [6, 6.07) is 15.3. The molecule has 152 valence electrons. The molecule has 2 N–H and O–H groups in total. The molecule has 0 aromatic heterocycles. The topological polar surface area (TPSA) is 70.7 Å². The van der Waals surface area contributed by atoms with Gasteiger partial charge in [0.05, 0.1) is 13.2 Å². The standard InChI is InChI=1S/C23H27N3O3/c27-22(17-7-9-21(10-8-17)25-23(28)18-5-6-18)24-15-19-3-1-2-4-20(19)16-26-11-13-29-14-12-26/h1-4,7-10,18H,5-6,11-16H2,(H,24,27)(H,25,28). The number of anilines is 1. The molecule has 6 heteroatoms. The van der Waals surface area contributed by atoms with Crippen molar-refractivity contribution in [1.29, 1.82) is 0 Å². The monoisotopic (exact) mass is 393 g/mol. The van der Waals surface area contributed by atoms with Crippen LogP contribution in [0.4, 0.5) is 5.69 Å². The van der Waals surface area contributed by atoms with Crippen LogP contribution >= 0.6 is 0 Å². The first-order valence-electron chi connectivity index (χ1n) is 10.2. The number of nitrogens with one attached hydrogen (secondary N) is 2. The summed E-state index contributed by atoms with van der Waals surface area (Å²) in [5.74, 6) is 0.112. The van der Waals surface area contributed by atoms with E-state index < -0.39 is 0 Å². The van der Waals surface area contributed by atoms with Crippen molar-refractivity contribution >= 4 is 17.5 Å². The van der Waals surface area contributed by atoms with Crippen molar-refractivity contribution in [1.82, 2.24) is 10.2 Å². The molecule has 0 atom stereocenters. The Bertz CT molecular complexity index is 856. The lowest BCUT2D eigenvalue weighted by atomic mass is 10.1. The molecular formula is C23H27N3O3. The molecule has 1 aliphatic heterocycles. The second-order valence-electron chi connectivity index (χ2n) is 7.68. The molecule has 0 unspecified atom stereocenters. The van der Waals surface area contributed by atoms with Gasteiger partial charge in [0.15, 0.2) is 0 Å². The van der Waals surface area contributed by atoms with E-state index in [0.717, 1.165) is 56.9 Å². The first kappa shape index (κ1) is 19.6. The average molecular weight is 393 g/mol. The summed E-state index contributed by atoms with van der Waals surface area (Å²) < 4.78 is 5.42. The first-order valence-corrected chi connectivity index (χ1v) is 10.2. The zero-order valence-electron chi connectivity index (χ0n) is 16.5. The highest BCUT2D eigenvalue weighted by molar-refractivity contribution is 5.96. The van der Waals surface area contributed by atoms with Crippen molar-refractivity contribution in [3.8, 4) is 0 Å². The lowest BCUT2D eigenvalue weighted by molar-refractivity contribution is -0.117. The first-order chi connectivity index (χ1) is 14.2. The summed E-state index contributed by atoms with van der Waals surface area (Å²) >= 11 is 0. The normalized spacial score (nSPS) is 17.0. The highest BCUT2D eigenvalue weighted by atomic mass is 16.5. The molecule has 6 nitrogen and oxygen atoms in total. The maximum Gasteiger partial charge on any atom is 0.251 e. The van der Waals surface area contributed by atoms with Gasteiger partial charge in [-0.05, 0) is 48.2 Å². The van der Waals surface area contributed by atoms with Crippen LogP contribution in [0.3, 0.4) is 0 Å². The maximum atomic E-state index is 12.5. The zero-order chi connectivity index (χ0) is 20.1. The van der Waals surface area contributed by atoms with Crippen molar-refractivity contribution in [3.05, 3.63) is 65.2 Å². The zero-order valence-corrected chi connectivity index (χ0v) is 16.5. The van der Waals surface area contributed by atoms with Gasteiger partial charge in [0.25, 0.3) is 5.91 Å². The Labute approximate surface area is 171 Å². The van der Waals surface area contributed by atoms with Gasteiger partial charge in [-0.1, -0.05) is 24.3 Å². The van der Waals surface area contributed by atoms with Gasteiger partial charge in [-0.2, -0.15) is 0 Å². The molecule has 0 radical (unpaired) electrons. The predicted octanol–water partition coefficient (Wildman–Crippen LogP) is 2.80. The van der Waals surface area contributed by atoms with Gasteiger partial charge in [-0.3, -0.25) is 14.5 Å². The van der Waals surface area contributed by atoms with E-state index in [9.17, 15) is 9.59 Å². The van der Waals surface area contributed by atoms with Crippen LogP contribution in [0.2, 0.25) is 0 Å². The Kier molecular flexibility index (Phi) is 6.22. The van der Waals surface area contributed by atoms with Crippen LogP contribution in [0.15, 0.2) is 48.5 Å². The Morgan fingerprint density at radius 3 is 2.34 bits per heavy atom. The smallest absolute Gasteiger partial charge is 0.251 e. The summed E-state index contributed by atoms with van der Waals surface area (Å²) in [6.07, 6.45) is 1.94. The number of nitrogens with zero attached hydrogens (tertiary/aromatic N) is 1. The number of ether oxygens (including phenoxy) is 1. The Morgan fingerprint density at radius 1 is 0.966 bits per heavy atom. The molecular weight excluding hydrogens is 366 g/mol. The van der Waals surface area contributed by atoms with Crippen molar-refractivity contribution in [2.75, 3.05) is 31.6 Å². The average Bonchev–Trinajstić information content (AvgIpc) is 3.60. The largest absolute Gasteiger partial charge is 0.379 e. The number of hydrogen-bond acceptors (Lipinski definition) is 4. The Hall–Kier alpha value is -2.70. The molecule has 1 heterocycles. The van der Waals surface area contributed by atoms with E-state index in [0.29, 0.717) is 12.1 Å². The van der Waals surface area contributed by atoms with E-state index in [1.165, 1.54) is 5.56 Å². The molecule has 0 spiro atoms. The summed E-state index contributed by atoms with van der Waals surface area (Å²) in [4.78, 5) is 26.7. The number of hydrogen-bond donors (Lipinski definition) is 2. The molecule has 0 bridgehead atoms. The third-order valence-electron chi connectivity index (χ3n) is 5.42. The van der Waals surface area contributed by atoms with Crippen LogP contribution in [0.5, 0.6) is 0 Å². The Morgan fingerprint density at radius 2 is 1.66 bits per heavy atom. The summed E-state index contributed by atoms with van der Waals surface area (Å²) in [6.45, 7) is 4.77. The molecule has 1 aliphatic carbocycles. The predicted molar refractivity (Wildman–Crippen MR) is 112 cm³/mol. The maximum absolute atomic E-state index is 12.5.